The highest BCUT2D eigenvalue weighted by atomic mass is 35.5. The number of furan rings is 1. The minimum Gasteiger partial charge on any atom is -0.452 e. The average molecular weight is 302 g/mol. The van der Waals surface area contributed by atoms with Gasteiger partial charge in [-0.1, -0.05) is 0 Å². The maximum Gasteiger partial charge on any atom is 0.258 e. The van der Waals surface area contributed by atoms with E-state index in [0.717, 1.165) is 25.9 Å². The van der Waals surface area contributed by atoms with Gasteiger partial charge in [0.1, 0.15) is 0 Å². The largest absolute Gasteiger partial charge is 0.452 e. The predicted octanol–water partition coefficient (Wildman–Crippen LogP) is 2.59. The van der Waals surface area contributed by atoms with E-state index in [1.807, 2.05) is 0 Å². The number of rotatable bonds is 6. The number of nitrogens with zero attached hydrogens (tertiary/aromatic N) is 1. The molecule has 0 N–H and O–H groups in total. The Morgan fingerprint density at radius 2 is 2.20 bits per heavy atom. The molecule has 0 unspecified atom stereocenters. The minimum absolute atomic E-state index is 0.0680. The van der Waals surface area contributed by atoms with Gasteiger partial charge >= 0.3 is 0 Å². The zero-order valence-electron chi connectivity index (χ0n) is 11.6. The summed E-state index contributed by atoms with van der Waals surface area (Å²) in [5, 5.41) is 0.160. The lowest BCUT2D eigenvalue weighted by Gasteiger charge is -2.31. The van der Waals surface area contributed by atoms with Crippen LogP contribution in [0.1, 0.15) is 29.6 Å². The summed E-state index contributed by atoms with van der Waals surface area (Å²) in [7, 11) is 1.69. The van der Waals surface area contributed by atoms with Crippen molar-refractivity contribution in [2.75, 3.05) is 33.4 Å². The smallest absolute Gasteiger partial charge is 0.258 e. The fraction of sp³-hybridized carbons (Fsp3) is 0.643. The number of hydrogen-bond donors (Lipinski definition) is 0. The van der Waals surface area contributed by atoms with Gasteiger partial charge in [-0.15, -0.1) is 0 Å². The fourth-order valence-corrected chi connectivity index (χ4v) is 2.49. The normalized spacial score (nSPS) is 16.6. The van der Waals surface area contributed by atoms with Gasteiger partial charge in [0.05, 0.1) is 17.9 Å². The summed E-state index contributed by atoms with van der Waals surface area (Å²) < 4.78 is 15.7. The van der Waals surface area contributed by atoms with Crippen LogP contribution in [0.4, 0.5) is 0 Å². The Morgan fingerprint density at radius 1 is 1.45 bits per heavy atom. The SMILES string of the molecule is COCCCOC1CCN(C(=O)c2ccoc2Cl)CC1. The summed E-state index contributed by atoms with van der Waals surface area (Å²) in [5.74, 6) is -0.0680. The Kier molecular flexibility index (Phi) is 5.88. The Balaban J connectivity index is 1.74. The maximum atomic E-state index is 12.2. The van der Waals surface area contributed by atoms with Crippen LogP contribution in [0, 0.1) is 0 Å². The van der Waals surface area contributed by atoms with Gasteiger partial charge in [-0.3, -0.25) is 4.79 Å². The lowest BCUT2D eigenvalue weighted by Crippen LogP contribution is -2.41. The van der Waals surface area contributed by atoms with Crippen molar-refractivity contribution in [1.82, 2.24) is 4.90 Å². The molecule has 0 bridgehead atoms. The number of carbonyl (C=O) groups excluding carboxylic acids is 1. The molecular formula is C14H20ClNO4. The summed E-state index contributed by atoms with van der Waals surface area (Å²) in [6.45, 7) is 2.81. The van der Waals surface area contributed by atoms with E-state index in [-0.39, 0.29) is 17.2 Å². The molecule has 1 aromatic rings. The van der Waals surface area contributed by atoms with Crippen LogP contribution in [-0.4, -0.2) is 50.3 Å². The van der Waals surface area contributed by atoms with Gasteiger partial charge in [0.2, 0.25) is 5.22 Å². The van der Waals surface area contributed by atoms with Crippen LogP contribution in [0.15, 0.2) is 16.7 Å². The molecule has 0 spiro atoms. The van der Waals surface area contributed by atoms with Crippen molar-refractivity contribution < 1.29 is 18.7 Å². The number of piperidine rings is 1. The summed E-state index contributed by atoms with van der Waals surface area (Å²) in [4.78, 5) is 14.0. The van der Waals surface area contributed by atoms with Crippen LogP contribution in [0.5, 0.6) is 0 Å². The molecule has 0 radical (unpaired) electrons. The van der Waals surface area contributed by atoms with Crippen molar-refractivity contribution in [3.05, 3.63) is 23.1 Å². The summed E-state index contributed by atoms with van der Waals surface area (Å²) in [5.41, 5.74) is 0.436. The third-order valence-electron chi connectivity index (χ3n) is 3.42. The fourth-order valence-electron chi connectivity index (χ4n) is 2.30. The molecule has 112 valence electrons. The molecule has 2 rings (SSSR count). The van der Waals surface area contributed by atoms with Crippen LogP contribution in [0.3, 0.4) is 0 Å². The molecule has 5 nitrogen and oxygen atoms in total. The first kappa shape index (κ1) is 15.4. The Bertz CT molecular complexity index is 427. The van der Waals surface area contributed by atoms with E-state index in [9.17, 15) is 4.79 Å². The summed E-state index contributed by atoms with van der Waals surface area (Å²) in [6.07, 6.45) is 4.28. The second-order valence-electron chi connectivity index (χ2n) is 4.82. The highest BCUT2D eigenvalue weighted by molar-refractivity contribution is 6.32. The topological polar surface area (TPSA) is 51.9 Å². The molecule has 1 amide bonds. The number of ether oxygens (including phenoxy) is 2. The first-order chi connectivity index (χ1) is 9.72. The van der Waals surface area contributed by atoms with Crippen molar-refractivity contribution in [2.45, 2.75) is 25.4 Å². The van der Waals surface area contributed by atoms with E-state index >= 15 is 0 Å². The second kappa shape index (κ2) is 7.67. The van der Waals surface area contributed by atoms with Crippen LogP contribution >= 0.6 is 11.6 Å². The Hall–Kier alpha value is -1.04. The zero-order chi connectivity index (χ0) is 14.4. The molecule has 1 aromatic heterocycles. The van der Waals surface area contributed by atoms with Crippen molar-refractivity contribution >= 4 is 17.5 Å². The van der Waals surface area contributed by atoms with Crippen LogP contribution in [0.2, 0.25) is 5.22 Å². The molecule has 1 aliphatic heterocycles. The molecule has 1 aliphatic rings. The minimum atomic E-state index is -0.0680. The van der Waals surface area contributed by atoms with Gasteiger partial charge < -0.3 is 18.8 Å². The van der Waals surface area contributed by atoms with E-state index < -0.39 is 0 Å². The highest BCUT2D eigenvalue weighted by Crippen LogP contribution is 2.21. The Labute approximate surface area is 123 Å². The molecule has 6 heteroatoms. The van der Waals surface area contributed by atoms with E-state index in [0.29, 0.717) is 25.3 Å². The van der Waals surface area contributed by atoms with Gasteiger partial charge in [0.15, 0.2) is 0 Å². The highest BCUT2D eigenvalue weighted by Gasteiger charge is 2.26. The van der Waals surface area contributed by atoms with Crippen LogP contribution in [0.25, 0.3) is 0 Å². The molecule has 0 atom stereocenters. The number of methoxy groups -OCH3 is 1. The van der Waals surface area contributed by atoms with Crippen molar-refractivity contribution in [2.24, 2.45) is 0 Å². The third-order valence-corrected chi connectivity index (χ3v) is 3.72. The third kappa shape index (κ3) is 3.98. The molecule has 2 heterocycles. The van der Waals surface area contributed by atoms with E-state index in [1.54, 1.807) is 18.1 Å². The van der Waals surface area contributed by atoms with E-state index in [4.69, 9.17) is 25.5 Å². The predicted molar refractivity (Wildman–Crippen MR) is 75.1 cm³/mol. The lowest BCUT2D eigenvalue weighted by atomic mass is 10.1. The van der Waals surface area contributed by atoms with Gasteiger partial charge in [-0.05, 0) is 36.9 Å². The second-order valence-corrected chi connectivity index (χ2v) is 5.16. The Morgan fingerprint density at radius 3 is 2.80 bits per heavy atom. The molecule has 0 aliphatic carbocycles. The average Bonchev–Trinajstić information content (AvgIpc) is 2.90. The molecule has 20 heavy (non-hydrogen) atoms. The van der Waals surface area contributed by atoms with Crippen molar-refractivity contribution in [3.63, 3.8) is 0 Å². The first-order valence-electron chi connectivity index (χ1n) is 6.85. The summed E-state index contributed by atoms with van der Waals surface area (Å²) >= 11 is 5.83. The number of likely N-dealkylation sites (tertiary alicyclic amines) is 1. The van der Waals surface area contributed by atoms with E-state index in [1.165, 1.54) is 6.26 Å². The standard InChI is InChI=1S/C14H20ClNO4/c1-18-8-2-9-19-11-3-6-16(7-4-11)14(17)12-5-10-20-13(12)15/h5,10-11H,2-4,6-9H2,1H3. The molecule has 0 aromatic carbocycles. The monoisotopic (exact) mass is 301 g/mol. The van der Waals surface area contributed by atoms with Crippen LogP contribution in [-0.2, 0) is 9.47 Å². The van der Waals surface area contributed by atoms with Gasteiger partial charge in [0, 0.05) is 33.4 Å². The number of hydrogen-bond acceptors (Lipinski definition) is 4. The van der Waals surface area contributed by atoms with Crippen molar-refractivity contribution in [1.29, 1.82) is 0 Å². The summed E-state index contributed by atoms with van der Waals surface area (Å²) in [6, 6.07) is 1.61. The van der Waals surface area contributed by atoms with Crippen LogP contribution < -0.4 is 0 Å². The van der Waals surface area contributed by atoms with Crippen molar-refractivity contribution in [3.8, 4) is 0 Å². The molecule has 1 fully saturated rings. The van der Waals surface area contributed by atoms with E-state index in [2.05, 4.69) is 0 Å². The lowest BCUT2D eigenvalue weighted by molar-refractivity contribution is 0.00188. The maximum absolute atomic E-state index is 12.2. The number of halogens is 1. The van der Waals surface area contributed by atoms with Gasteiger partial charge in [0.25, 0.3) is 5.91 Å². The number of carbonyl (C=O) groups is 1. The molecule has 0 saturated carbocycles. The quantitative estimate of drug-likeness (QED) is 0.758. The molecular weight excluding hydrogens is 282 g/mol. The zero-order valence-corrected chi connectivity index (χ0v) is 12.4. The van der Waals surface area contributed by atoms with Gasteiger partial charge in [-0.25, -0.2) is 0 Å². The number of amides is 1. The molecule has 1 saturated heterocycles. The first-order valence-corrected chi connectivity index (χ1v) is 7.23. The van der Waals surface area contributed by atoms with Gasteiger partial charge in [-0.2, -0.15) is 0 Å².